The van der Waals surface area contributed by atoms with E-state index in [4.69, 9.17) is 5.73 Å². The fraction of sp³-hybridized carbons (Fsp3) is 0.765. The summed E-state index contributed by atoms with van der Waals surface area (Å²) in [7, 11) is 0. The van der Waals surface area contributed by atoms with Gasteiger partial charge in [-0.2, -0.15) is 0 Å². The molecule has 0 bridgehead atoms. The summed E-state index contributed by atoms with van der Waals surface area (Å²) in [4.78, 5) is 4.13. The van der Waals surface area contributed by atoms with Gasteiger partial charge in [0.2, 0.25) is 0 Å². The maximum absolute atomic E-state index is 6.45. The fourth-order valence-corrected chi connectivity index (χ4v) is 5.18. The second kappa shape index (κ2) is 6.17. The molecular formula is C17H28N2S. The molecule has 2 nitrogen and oxygen atoms in total. The number of hydrogen-bond donors (Lipinski definition) is 1. The minimum Gasteiger partial charge on any atom is -0.326 e. The molecule has 112 valence electrons. The number of nitrogens with zero attached hydrogens (tertiary/aromatic N) is 1. The Hall–Kier alpha value is -0.380. The first-order valence-corrected chi connectivity index (χ1v) is 9.15. The molecule has 0 amide bonds. The summed E-state index contributed by atoms with van der Waals surface area (Å²) in [5.74, 6) is 0. The zero-order valence-corrected chi connectivity index (χ0v) is 13.5. The lowest BCUT2D eigenvalue weighted by Gasteiger charge is -2.44. The Balaban J connectivity index is 1.70. The molecule has 2 fully saturated rings. The average molecular weight is 292 g/mol. The van der Waals surface area contributed by atoms with Gasteiger partial charge in [-0.25, -0.2) is 0 Å². The third-order valence-corrected chi connectivity index (χ3v) is 6.57. The third-order valence-electron chi connectivity index (χ3n) is 5.63. The van der Waals surface area contributed by atoms with Crippen LogP contribution in [0.3, 0.4) is 0 Å². The van der Waals surface area contributed by atoms with Gasteiger partial charge in [0.1, 0.15) is 0 Å². The molecule has 1 saturated heterocycles. The normalized spacial score (nSPS) is 25.9. The van der Waals surface area contributed by atoms with Gasteiger partial charge >= 0.3 is 0 Å². The number of nitrogens with two attached hydrogens (primary N) is 1. The highest BCUT2D eigenvalue weighted by molar-refractivity contribution is 7.10. The van der Waals surface area contributed by atoms with Gasteiger partial charge in [0.25, 0.3) is 0 Å². The van der Waals surface area contributed by atoms with Gasteiger partial charge in [0.05, 0.1) is 6.04 Å². The first-order valence-electron chi connectivity index (χ1n) is 8.27. The van der Waals surface area contributed by atoms with Crippen LogP contribution in [0, 0.1) is 5.41 Å². The lowest BCUT2D eigenvalue weighted by Crippen LogP contribution is -2.46. The number of hydrogen-bond acceptors (Lipinski definition) is 3. The first kappa shape index (κ1) is 14.6. The maximum Gasteiger partial charge on any atom is 0.0593 e. The van der Waals surface area contributed by atoms with Crippen molar-refractivity contribution in [2.45, 2.75) is 64.0 Å². The van der Waals surface area contributed by atoms with E-state index < -0.39 is 0 Å². The summed E-state index contributed by atoms with van der Waals surface area (Å²) in [5, 5.41) is 2.19. The Morgan fingerprint density at radius 3 is 2.50 bits per heavy atom. The van der Waals surface area contributed by atoms with E-state index in [2.05, 4.69) is 29.3 Å². The van der Waals surface area contributed by atoms with Crippen LogP contribution in [0.15, 0.2) is 17.5 Å². The van der Waals surface area contributed by atoms with Gasteiger partial charge < -0.3 is 5.73 Å². The molecule has 1 aromatic heterocycles. The van der Waals surface area contributed by atoms with E-state index in [1.165, 1.54) is 56.5 Å². The van der Waals surface area contributed by atoms with Crippen molar-refractivity contribution in [2.75, 3.05) is 13.1 Å². The van der Waals surface area contributed by atoms with E-state index in [-0.39, 0.29) is 6.04 Å². The molecule has 1 aromatic rings. The van der Waals surface area contributed by atoms with E-state index >= 15 is 0 Å². The van der Waals surface area contributed by atoms with Crippen LogP contribution in [-0.2, 0) is 0 Å². The molecule has 1 spiro atoms. The molecule has 3 rings (SSSR count). The van der Waals surface area contributed by atoms with Crippen LogP contribution in [-0.4, -0.2) is 24.0 Å². The first-order chi connectivity index (χ1) is 9.74. The van der Waals surface area contributed by atoms with Crippen LogP contribution in [0.2, 0.25) is 0 Å². The smallest absolute Gasteiger partial charge is 0.0593 e. The molecule has 2 heterocycles. The Bertz CT molecular complexity index is 399. The number of piperidine rings is 1. The van der Waals surface area contributed by atoms with Crippen LogP contribution in [0.25, 0.3) is 0 Å². The lowest BCUT2D eigenvalue weighted by atomic mass is 9.76. The molecule has 20 heavy (non-hydrogen) atoms. The zero-order chi connectivity index (χ0) is 14.0. The third kappa shape index (κ3) is 2.81. The molecule has 0 aromatic carbocycles. The van der Waals surface area contributed by atoms with Crippen molar-refractivity contribution in [3.05, 3.63) is 22.4 Å². The second-order valence-corrected chi connectivity index (χ2v) is 7.75. The van der Waals surface area contributed by atoms with Crippen LogP contribution >= 0.6 is 11.3 Å². The van der Waals surface area contributed by atoms with Crippen molar-refractivity contribution < 1.29 is 0 Å². The van der Waals surface area contributed by atoms with Crippen molar-refractivity contribution in [2.24, 2.45) is 11.1 Å². The highest BCUT2D eigenvalue weighted by Crippen LogP contribution is 2.47. The van der Waals surface area contributed by atoms with E-state index in [0.717, 1.165) is 6.42 Å². The summed E-state index contributed by atoms with van der Waals surface area (Å²) in [5.41, 5.74) is 7.15. The van der Waals surface area contributed by atoms with Crippen molar-refractivity contribution in [3.63, 3.8) is 0 Å². The Kier molecular flexibility index (Phi) is 4.49. The second-order valence-electron chi connectivity index (χ2n) is 6.78. The summed E-state index contributed by atoms with van der Waals surface area (Å²) in [6, 6.07) is 5.15. The largest absolute Gasteiger partial charge is 0.326 e. The Morgan fingerprint density at radius 2 is 1.95 bits per heavy atom. The van der Waals surface area contributed by atoms with Crippen molar-refractivity contribution in [1.82, 2.24) is 4.90 Å². The van der Waals surface area contributed by atoms with Crippen LogP contribution in [0.4, 0.5) is 0 Å². The van der Waals surface area contributed by atoms with E-state index in [9.17, 15) is 0 Å². The zero-order valence-electron chi connectivity index (χ0n) is 12.7. The molecule has 1 aliphatic carbocycles. The fourth-order valence-electron chi connectivity index (χ4n) is 4.25. The van der Waals surface area contributed by atoms with Gasteiger partial charge in [0.15, 0.2) is 0 Å². The molecule has 2 N–H and O–H groups in total. The number of likely N-dealkylation sites (tertiary alicyclic amines) is 1. The van der Waals surface area contributed by atoms with E-state index in [1.54, 1.807) is 0 Å². The minimum atomic E-state index is 0.270. The van der Waals surface area contributed by atoms with Gasteiger partial charge in [-0.05, 0) is 62.1 Å². The standard InChI is InChI=1S/C17H28N2S/c1-2-14(18)16(15-6-5-13-20-15)19-11-9-17(10-12-19)7-3-4-8-17/h5-6,13-14,16H,2-4,7-12,18H2,1H3. The molecule has 2 unspecified atom stereocenters. The molecular weight excluding hydrogens is 264 g/mol. The number of rotatable bonds is 4. The van der Waals surface area contributed by atoms with E-state index in [1.807, 2.05) is 11.3 Å². The molecule has 0 radical (unpaired) electrons. The monoisotopic (exact) mass is 292 g/mol. The van der Waals surface area contributed by atoms with Crippen LogP contribution < -0.4 is 5.73 Å². The Labute approximate surface area is 127 Å². The van der Waals surface area contributed by atoms with Crippen molar-refractivity contribution in [1.29, 1.82) is 0 Å². The van der Waals surface area contributed by atoms with Gasteiger partial charge in [-0.3, -0.25) is 4.90 Å². The minimum absolute atomic E-state index is 0.270. The van der Waals surface area contributed by atoms with Crippen molar-refractivity contribution in [3.8, 4) is 0 Å². The SMILES string of the molecule is CCC(N)C(c1cccs1)N1CCC2(CCCC2)CC1. The maximum atomic E-state index is 6.45. The van der Waals surface area contributed by atoms with E-state index in [0.29, 0.717) is 11.5 Å². The summed E-state index contributed by atoms with van der Waals surface area (Å²) in [6.07, 6.45) is 9.72. The molecule has 1 aliphatic heterocycles. The van der Waals surface area contributed by atoms with Crippen LogP contribution in [0.1, 0.15) is 62.8 Å². The molecule has 2 atom stereocenters. The quantitative estimate of drug-likeness (QED) is 0.902. The van der Waals surface area contributed by atoms with Gasteiger partial charge in [-0.1, -0.05) is 25.8 Å². The van der Waals surface area contributed by atoms with Crippen LogP contribution in [0.5, 0.6) is 0 Å². The summed E-state index contributed by atoms with van der Waals surface area (Å²) >= 11 is 1.87. The highest BCUT2D eigenvalue weighted by atomic mass is 32.1. The van der Waals surface area contributed by atoms with Crippen molar-refractivity contribution >= 4 is 11.3 Å². The summed E-state index contributed by atoms with van der Waals surface area (Å²) < 4.78 is 0. The topological polar surface area (TPSA) is 29.3 Å². The highest BCUT2D eigenvalue weighted by Gasteiger charge is 2.39. The Morgan fingerprint density at radius 1 is 1.25 bits per heavy atom. The van der Waals surface area contributed by atoms with Gasteiger partial charge in [-0.15, -0.1) is 11.3 Å². The molecule has 3 heteroatoms. The summed E-state index contributed by atoms with van der Waals surface area (Å²) in [6.45, 7) is 4.71. The molecule has 2 aliphatic rings. The predicted molar refractivity (Wildman–Crippen MR) is 87.0 cm³/mol. The molecule has 1 saturated carbocycles. The predicted octanol–water partition coefficient (Wildman–Crippen LogP) is 4.18. The lowest BCUT2D eigenvalue weighted by molar-refractivity contribution is 0.0663. The van der Waals surface area contributed by atoms with Gasteiger partial charge in [0, 0.05) is 10.9 Å². The average Bonchev–Trinajstić information content (AvgIpc) is 3.14. The number of thiophene rings is 1.